The number of hydrogen-bond donors (Lipinski definition) is 0. The van der Waals surface area contributed by atoms with Crippen LogP contribution in [0.4, 0.5) is 10.2 Å². The first-order valence-corrected chi connectivity index (χ1v) is 6.77. The Morgan fingerprint density at radius 2 is 1.75 bits per heavy atom. The van der Waals surface area contributed by atoms with Crippen LogP contribution in [-0.4, -0.2) is 17.0 Å². The Kier molecular flexibility index (Phi) is 4.23. The van der Waals surface area contributed by atoms with Gasteiger partial charge < -0.3 is 4.90 Å². The molecule has 20 heavy (non-hydrogen) atoms. The summed E-state index contributed by atoms with van der Waals surface area (Å²) in [7, 11) is 1.84. The minimum atomic E-state index is -0.236. The summed E-state index contributed by atoms with van der Waals surface area (Å²) in [6.45, 7) is 5.65. The van der Waals surface area contributed by atoms with E-state index in [1.165, 1.54) is 6.07 Å². The molecular weight excluding hydrogens is 277 g/mol. The monoisotopic (exact) mass is 293 g/mol. The second-order valence-corrected chi connectivity index (χ2v) is 5.18. The number of aryl methyl sites for hydroxylation is 2. The summed E-state index contributed by atoms with van der Waals surface area (Å²) < 4.78 is 13.9. The third-order valence-corrected chi connectivity index (χ3v) is 3.77. The highest BCUT2D eigenvalue weighted by Crippen LogP contribution is 2.30. The van der Waals surface area contributed by atoms with Crippen molar-refractivity contribution < 1.29 is 4.39 Å². The summed E-state index contributed by atoms with van der Waals surface area (Å²) in [5.74, 6) is 0.324. The third kappa shape index (κ3) is 2.75. The molecule has 1 atom stereocenters. The van der Waals surface area contributed by atoms with Crippen molar-refractivity contribution in [3.8, 4) is 0 Å². The molecule has 0 amide bonds. The standard InChI is InChI=1S/C15H17ClFN3/c1-9-10(2)19-15(14(16)18-9)20(4)11(3)12-7-5-6-8-13(12)17/h5-8,11H,1-4H3. The lowest BCUT2D eigenvalue weighted by atomic mass is 10.1. The van der Waals surface area contributed by atoms with E-state index in [1.54, 1.807) is 12.1 Å². The van der Waals surface area contributed by atoms with Gasteiger partial charge in [-0.05, 0) is 26.8 Å². The predicted octanol–water partition coefficient (Wildman–Crippen LogP) is 4.08. The molecule has 5 heteroatoms. The van der Waals surface area contributed by atoms with Gasteiger partial charge in [-0.3, -0.25) is 0 Å². The average molecular weight is 294 g/mol. The van der Waals surface area contributed by atoms with Gasteiger partial charge in [-0.15, -0.1) is 0 Å². The summed E-state index contributed by atoms with van der Waals surface area (Å²) >= 11 is 6.16. The smallest absolute Gasteiger partial charge is 0.171 e. The molecule has 0 radical (unpaired) electrons. The maximum Gasteiger partial charge on any atom is 0.171 e. The van der Waals surface area contributed by atoms with Crippen LogP contribution in [0.3, 0.4) is 0 Å². The maximum atomic E-state index is 13.9. The minimum absolute atomic E-state index is 0.190. The zero-order valence-electron chi connectivity index (χ0n) is 12.0. The van der Waals surface area contributed by atoms with Gasteiger partial charge in [0, 0.05) is 12.6 Å². The summed E-state index contributed by atoms with van der Waals surface area (Å²) in [4.78, 5) is 10.6. The van der Waals surface area contributed by atoms with Crippen molar-refractivity contribution in [2.45, 2.75) is 26.8 Å². The summed E-state index contributed by atoms with van der Waals surface area (Å²) in [5.41, 5.74) is 2.22. The Hall–Kier alpha value is -1.68. The zero-order valence-corrected chi connectivity index (χ0v) is 12.7. The van der Waals surface area contributed by atoms with Gasteiger partial charge in [0.25, 0.3) is 0 Å². The van der Waals surface area contributed by atoms with Crippen LogP contribution in [0, 0.1) is 19.7 Å². The van der Waals surface area contributed by atoms with E-state index in [1.807, 2.05) is 38.8 Å². The molecule has 1 aromatic carbocycles. The van der Waals surface area contributed by atoms with Crippen molar-refractivity contribution in [3.63, 3.8) is 0 Å². The van der Waals surface area contributed by atoms with Crippen molar-refractivity contribution in [1.82, 2.24) is 9.97 Å². The number of hydrogen-bond acceptors (Lipinski definition) is 3. The van der Waals surface area contributed by atoms with E-state index in [2.05, 4.69) is 9.97 Å². The maximum absolute atomic E-state index is 13.9. The van der Waals surface area contributed by atoms with E-state index in [4.69, 9.17) is 11.6 Å². The van der Waals surface area contributed by atoms with E-state index in [-0.39, 0.29) is 11.9 Å². The van der Waals surface area contributed by atoms with Gasteiger partial charge in [0.05, 0.1) is 17.4 Å². The second kappa shape index (κ2) is 5.75. The molecule has 106 valence electrons. The summed E-state index contributed by atoms with van der Waals surface area (Å²) in [6, 6.07) is 6.52. The van der Waals surface area contributed by atoms with Gasteiger partial charge in [-0.1, -0.05) is 29.8 Å². The Balaban J connectivity index is 2.39. The van der Waals surface area contributed by atoms with Gasteiger partial charge in [0.15, 0.2) is 11.0 Å². The van der Waals surface area contributed by atoms with Gasteiger partial charge in [0.2, 0.25) is 0 Å². The highest BCUT2D eigenvalue weighted by Gasteiger charge is 2.20. The molecule has 0 aliphatic carbocycles. The van der Waals surface area contributed by atoms with Crippen molar-refractivity contribution in [2.24, 2.45) is 0 Å². The molecule has 0 saturated carbocycles. The SMILES string of the molecule is Cc1nc(Cl)c(N(C)C(C)c2ccccc2F)nc1C. The normalized spacial score (nSPS) is 12.3. The lowest BCUT2D eigenvalue weighted by molar-refractivity contribution is 0.583. The van der Waals surface area contributed by atoms with Crippen LogP contribution in [0.25, 0.3) is 0 Å². The fourth-order valence-corrected chi connectivity index (χ4v) is 2.30. The van der Waals surface area contributed by atoms with Crippen LogP contribution in [0.2, 0.25) is 5.15 Å². The van der Waals surface area contributed by atoms with E-state index in [0.29, 0.717) is 16.5 Å². The quantitative estimate of drug-likeness (QED) is 0.854. The molecule has 0 N–H and O–H groups in total. The first-order chi connectivity index (χ1) is 9.41. The Morgan fingerprint density at radius 3 is 2.40 bits per heavy atom. The van der Waals surface area contributed by atoms with Crippen LogP contribution in [-0.2, 0) is 0 Å². The first kappa shape index (κ1) is 14.7. The second-order valence-electron chi connectivity index (χ2n) is 4.82. The van der Waals surface area contributed by atoms with Crippen LogP contribution >= 0.6 is 11.6 Å². The Labute approximate surface area is 123 Å². The fraction of sp³-hybridized carbons (Fsp3) is 0.333. The van der Waals surface area contributed by atoms with Crippen molar-refractivity contribution in [3.05, 3.63) is 52.2 Å². The van der Waals surface area contributed by atoms with Gasteiger partial charge in [0.1, 0.15) is 5.82 Å². The number of nitrogens with zero attached hydrogens (tertiary/aromatic N) is 3. The molecule has 1 unspecified atom stereocenters. The number of benzene rings is 1. The fourth-order valence-electron chi connectivity index (χ4n) is 1.99. The van der Waals surface area contributed by atoms with Gasteiger partial charge >= 0.3 is 0 Å². The summed E-state index contributed by atoms with van der Waals surface area (Å²) in [6.07, 6.45) is 0. The number of anilines is 1. The molecular formula is C15H17ClFN3. The zero-order chi connectivity index (χ0) is 14.9. The van der Waals surface area contributed by atoms with Crippen LogP contribution < -0.4 is 4.90 Å². The van der Waals surface area contributed by atoms with Crippen LogP contribution in [0.15, 0.2) is 24.3 Å². The number of aromatic nitrogens is 2. The molecule has 2 aromatic rings. The molecule has 0 aliphatic rings. The molecule has 0 fully saturated rings. The molecule has 2 rings (SSSR count). The van der Waals surface area contributed by atoms with Gasteiger partial charge in [-0.25, -0.2) is 14.4 Å². The van der Waals surface area contributed by atoms with Crippen molar-refractivity contribution in [1.29, 1.82) is 0 Å². The van der Waals surface area contributed by atoms with Crippen molar-refractivity contribution in [2.75, 3.05) is 11.9 Å². The summed E-state index contributed by atoms with van der Waals surface area (Å²) in [5, 5.41) is 0.332. The lowest BCUT2D eigenvalue weighted by Gasteiger charge is -2.27. The highest BCUT2D eigenvalue weighted by molar-refractivity contribution is 6.31. The number of rotatable bonds is 3. The van der Waals surface area contributed by atoms with Gasteiger partial charge in [-0.2, -0.15) is 0 Å². The third-order valence-electron chi connectivity index (χ3n) is 3.52. The molecule has 0 saturated heterocycles. The molecule has 1 heterocycles. The highest BCUT2D eigenvalue weighted by atomic mass is 35.5. The van der Waals surface area contributed by atoms with E-state index < -0.39 is 0 Å². The van der Waals surface area contributed by atoms with Crippen LogP contribution in [0.5, 0.6) is 0 Å². The molecule has 0 aliphatic heterocycles. The Morgan fingerprint density at radius 1 is 1.15 bits per heavy atom. The lowest BCUT2D eigenvalue weighted by Crippen LogP contribution is -2.24. The Bertz CT molecular complexity index is 631. The topological polar surface area (TPSA) is 29.0 Å². The number of halogens is 2. The predicted molar refractivity (Wildman–Crippen MR) is 79.7 cm³/mol. The largest absolute Gasteiger partial charge is 0.350 e. The van der Waals surface area contributed by atoms with E-state index >= 15 is 0 Å². The van der Waals surface area contributed by atoms with Crippen molar-refractivity contribution >= 4 is 17.4 Å². The van der Waals surface area contributed by atoms with E-state index in [9.17, 15) is 4.39 Å². The molecule has 1 aromatic heterocycles. The molecule has 3 nitrogen and oxygen atoms in total. The van der Waals surface area contributed by atoms with Crippen LogP contribution in [0.1, 0.15) is 29.9 Å². The van der Waals surface area contributed by atoms with E-state index in [0.717, 1.165) is 11.4 Å². The minimum Gasteiger partial charge on any atom is -0.350 e. The molecule has 0 spiro atoms. The molecule has 0 bridgehead atoms. The average Bonchev–Trinajstić information content (AvgIpc) is 2.42. The first-order valence-electron chi connectivity index (χ1n) is 6.39.